The molecular formula is C22H36N3P. The zero-order valence-corrected chi connectivity index (χ0v) is 18.3. The molecule has 1 aliphatic heterocycles. The van der Waals surface area contributed by atoms with Crippen molar-refractivity contribution in [1.29, 1.82) is 0 Å². The molecule has 1 saturated heterocycles. The lowest BCUT2D eigenvalue weighted by Gasteiger charge is -2.46. The SMILES string of the molecule is CC(C)(C)N1CCN(C(C)(C)C)P1C1CCCC1C=Nc1ccccc1. The summed E-state index contributed by atoms with van der Waals surface area (Å²) < 4.78 is 5.62. The summed E-state index contributed by atoms with van der Waals surface area (Å²) in [6.45, 7) is 16.7. The Bertz CT molecular complexity index is 593. The van der Waals surface area contributed by atoms with Crippen LogP contribution in [0.5, 0.6) is 0 Å². The quantitative estimate of drug-likeness (QED) is 0.472. The normalized spacial score (nSPS) is 27.0. The summed E-state index contributed by atoms with van der Waals surface area (Å²) in [4.78, 5) is 4.83. The van der Waals surface area contributed by atoms with Gasteiger partial charge < -0.3 is 0 Å². The summed E-state index contributed by atoms with van der Waals surface area (Å²) in [6.07, 6.45) is 6.24. The van der Waals surface area contributed by atoms with Gasteiger partial charge in [-0.25, -0.2) is 0 Å². The van der Waals surface area contributed by atoms with E-state index in [1.807, 2.05) is 0 Å². The molecule has 4 heteroatoms. The van der Waals surface area contributed by atoms with Crippen molar-refractivity contribution in [3.8, 4) is 0 Å². The molecule has 0 radical (unpaired) electrons. The minimum atomic E-state index is -0.294. The largest absolute Gasteiger partial charge is 0.263 e. The first kappa shape index (κ1) is 20.0. The van der Waals surface area contributed by atoms with Crippen molar-refractivity contribution in [1.82, 2.24) is 9.34 Å². The lowest BCUT2D eigenvalue weighted by molar-refractivity contribution is 0.271. The van der Waals surface area contributed by atoms with Crippen LogP contribution in [0.2, 0.25) is 0 Å². The molecule has 1 saturated carbocycles. The summed E-state index contributed by atoms with van der Waals surface area (Å²) in [5, 5.41) is 0. The summed E-state index contributed by atoms with van der Waals surface area (Å²) in [5.74, 6) is 0.606. The lowest BCUT2D eigenvalue weighted by Crippen LogP contribution is -2.42. The molecule has 1 aliphatic carbocycles. The first-order chi connectivity index (χ1) is 12.2. The minimum absolute atomic E-state index is 0.232. The molecular weight excluding hydrogens is 337 g/mol. The van der Waals surface area contributed by atoms with Gasteiger partial charge >= 0.3 is 0 Å². The third-order valence-corrected chi connectivity index (χ3v) is 9.39. The van der Waals surface area contributed by atoms with E-state index in [0.717, 1.165) is 11.3 Å². The molecule has 2 aliphatic rings. The van der Waals surface area contributed by atoms with Crippen LogP contribution >= 0.6 is 8.22 Å². The van der Waals surface area contributed by atoms with Gasteiger partial charge in [-0.1, -0.05) is 24.6 Å². The molecule has 144 valence electrons. The van der Waals surface area contributed by atoms with Crippen molar-refractivity contribution in [2.24, 2.45) is 10.9 Å². The number of rotatable bonds is 3. The second kappa shape index (κ2) is 7.70. The second-order valence-electron chi connectivity index (χ2n) is 9.68. The smallest absolute Gasteiger partial charge is 0.0625 e. The highest BCUT2D eigenvalue weighted by molar-refractivity contribution is 7.54. The van der Waals surface area contributed by atoms with Gasteiger partial charge in [0.15, 0.2) is 0 Å². The van der Waals surface area contributed by atoms with Crippen LogP contribution < -0.4 is 0 Å². The molecule has 0 spiro atoms. The fraction of sp³-hybridized carbons (Fsp3) is 0.682. The third-order valence-electron chi connectivity index (χ3n) is 5.57. The monoisotopic (exact) mass is 373 g/mol. The first-order valence-electron chi connectivity index (χ1n) is 10.1. The van der Waals surface area contributed by atoms with E-state index >= 15 is 0 Å². The van der Waals surface area contributed by atoms with E-state index in [2.05, 4.69) is 87.4 Å². The molecule has 3 nitrogen and oxygen atoms in total. The second-order valence-corrected chi connectivity index (χ2v) is 12.0. The van der Waals surface area contributed by atoms with Gasteiger partial charge in [0.05, 0.1) is 5.69 Å². The fourth-order valence-electron chi connectivity index (χ4n) is 4.29. The van der Waals surface area contributed by atoms with Crippen LogP contribution in [0, 0.1) is 5.92 Å². The van der Waals surface area contributed by atoms with E-state index in [9.17, 15) is 0 Å². The number of aliphatic imine (C=N–C) groups is 1. The van der Waals surface area contributed by atoms with Crippen LogP contribution in [0.15, 0.2) is 35.3 Å². The number of hydrogen-bond donors (Lipinski definition) is 0. The molecule has 0 amide bonds. The van der Waals surface area contributed by atoms with Gasteiger partial charge in [-0.05, 0) is 66.5 Å². The van der Waals surface area contributed by atoms with Gasteiger partial charge in [-0.3, -0.25) is 14.3 Å². The Balaban J connectivity index is 1.85. The summed E-state index contributed by atoms with van der Waals surface area (Å²) in [6, 6.07) is 10.4. The van der Waals surface area contributed by atoms with Crippen LogP contribution in [0.3, 0.4) is 0 Å². The highest BCUT2D eigenvalue weighted by Gasteiger charge is 2.49. The Morgan fingerprint density at radius 3 is 2.04 bits per heavy atom. The molecule has 0 bridgehead atoms. The van der Waals surface area contributed by atoms with E-state index in [1.165, 1.54) is 32.4 Å². The number of benzene rings is 1. The predicted molar refractivity (Wildman–Crippen MR) is 116 cm³/mol. The van der Waals surface area contributed by atoms with E-state index in [-0.39, 0.29) is 19.3 Å². The Kier molecular flexibility index (Phi) is 5.92. The molecule has 2 unspecified atom stereocenters. The first-order valence-corrected chi connectivity index (χ1v) is 11.4. The van der Waals surface area contributed by atoms with Gasteiger partial charge in [0, 0.05) is 50.2 Å². The van der Waals surface area contributed by atoms with Crippen LogP contribution in [-0.4, -0.2) is 45.4 Å². The van der Waals surface area contributed by atoms with Crippen molar-refractivity contribution in [3.63, 3.8) is 0 Å². The van der Waals surface area contributed by atoms with E-state index in [1.54, 1.807) is 0 Å². The van der Waals surface area contributed by atoms with E-state index in [4.69, 9.17) is 4.99 Å². The Labute approximate surface area is 161 Å². The van der Waals surface area contributed by atoms with Crippen molar-refractivity contribution >= 4 is 20.1 Å². The zero-order valence-electron chi connectivity index (χ0n) is 17.4. The molecule has 2 fully saturated rings. The van der Waals surface area contributed by atoms with Crippen LogP contribution in [0.1, 0.15) is 60.8 Å². The summed E-state index contributed by atoms with van der Waals surface area (Å²) >= 11 is 0. The molecule has 3 rings (SSSR count). The van der Waals surface area contributed by atoms with Gasteiger partial charge in [-0.2, -0.15) is 0 Å². The maximum Gasteiger partial charge on any atom is 0.0625 e. The Morgan fingerprint density at radius 2 is 1.50 bits per heavy atom. The lowest BCUT2D eigenvalue weighted by atomic mass is 10.1. The molecule has 2 atom stereocenters. The highest BCUT2D eigenvalue weighted by atomic mass is 31.1. The standard InChI is InChI=1S/C22H36N3P/c1-21(2,3)24-15-16-25(22(4,5)6)26(24)20-14-10-11-18(20)17-23-19-12-8-7-9-13-19/h7-9,12-13,17-18,20H,10-11,14-16H2,1-6H3. The van der Waals surface area contributed by atoms with Crippen molar-refractivity contribution in [2.75, 3.05) is 13.1 Å². The molecule has 26 heavy (non-hydrogen) atoms. The Hall–Kier alpha value is -0.760. The van der Waals surface area contributed by atoms with Gasteiger partial charge in [-0.15, -0.1) is 0 Å². The maximum atomic E-state index is 4.83. The molecule has 1 aromatic rings. The molecule has 1 heterocycles. The zero-order chi connectivity index (χ0) is 18.9. The number of nitrogens with zero attached hydrogens (tertiary/aromatic N) is 3. The fourth-order valence-corrected chi connectivity index (χ4v) is 8.07. The van der Waals surface area contributed by atoms with Gasteiger partial charge in [0.1, 0.15) is 0 Å². The van der Waals surface area contributed by atoms with Crippen molar-refractivity contribution in [3.05, 3.63) is 30.3 Å². The van der Waals surface area contributed by atoms with Crippen LogP contribution in [-0.2, 0) is 0 Å². The van der Waals surface area contributed by atoms with Crippen LogP contribution in [0.25, 0.3) is 0 Å². The van der Waals surface area contributed by atoms with Crippen LogP contribution in [0.4, 0.5) is 5.69 Å². The highest BCUT2D eigenvalue weighted by Crippen LogP contribution is 2.63. The third kappa shape index (κ3) is 4.38. The average molecular weight is 374 g/mol. The summed E-state index contributed by atoms with van der Waals surface area (Å²) in [7, 11) is -0.294. The van der Waals surface area contributed by atoms with E-state index in [0.29, 0.717) is 5.92 Å². The average Bonchev–Trinajstić information content (AvgIpc) is 3.19. The summed E-state index contributed by atoms with van der Waals surface area (Å²) in [5.41, 5.74) is 2.28. The minimum Gasteiger partial charge on any atom is -0.263 e. The molecule has 0 N–H and O–H groups in total. The van der Waals surface area contributed by atoms with Gasteiger partial charge in [0.25, 0.3) is 0 Å². The predicted octanol–water partition coefficient (Wildman–Crippen LogP) is 6.08. The number of para-hydroxylation sites is 1. The molecule has 1 aromatic carbocycles. The van der Waals surface area contributed by atoms with Gasteiger partial charge in [0.2, 0.25) is 0 Å². The maximum absolute atomic E-state index is 4.83. The van der Waals surface area contributed by atoms with Crippen molar-refractivity contribution in [2.45, 2.75) is 77.5 Å². The topological polar surface area (TPSA) is 18.8 Å². The van der Waals surface area contributed by atoms with Crippen molar-refractivity contribution < 1.29 is 0 Å². The molecule has 0 aromatic heterocycles. The number of hydrogen-bond acceptors (Lipinski definition) is 3. The Morgan fingerprint density at radius 1 is 0.923 bits per heavy atom. The van der Waals surface area contributed by atoms with E-state index < -0.39 is 0 Å².